The number of rotatable bonds is 6. The molecule has 1 amide bonds. The maximum atomic E-state index is 12.4. The van der Waals surface area contributed by atoms with E-state index in [1.807, 2.05) is 36.4 Å². The molecule has 0 radical (unpaired) electrons. The highest BCUT2D eigenvalue weighted by Gasteiger charge is 2.15. The molecule has 1 aliphatic heterocycles. The van der Waals surface area contributed by atoms with Gasteiger partial charge in [0.2, 0.25) is 12.7 Å². The predicted octanol–water partition coefficient (Wildman–Crippen LogP) is 3.61. The van der Waals surface area contributed by atoms with Gasteiger partial charge in [0.15, 0.2) is 17.1 Å². The summed E-state index contributed by atoms with van der Waals surface area (Å²) < 4.78 is 12.3. The first kappa shape index (κ1) is 19.7. The lowest BCUT2D eigenvalue weighted by atomic mass is 10.2. The highest BCUT2D eigenvalue weighted by Crippen LogP contribution is 2.32. The summed E-state index contributed by atoms with van der Waals surface area (Å²) in [6, 6.07) is 13.0. The number of ether oxygens (including phenoxy) is 2. The lowest BCUT2D eigenvalue weighted by Crippen LogP contribution is -2.24. The normalized spacial score (nSPS) is 12.3. The van der Waals surface area contributed by atoms with Crippen LogP contribution in [0.1, 0.15) is 5.56 Å². The van der Waals surface area contributed by atoms with Crippen molar-refractivity contribution in [2.75, 3.05) is 12.5 Å². The molecule has 0 spiro atoms. The molecule has 4 aromatic rings. The second-order valence-electron chi connectivity index (χ2n) is 6.68. The van der Waals surface area contributed by atoms with Crippen LogP contribution in [0.4, 0.5) is 0 Å². The minimum absolute atomic E-state index is 0.104. The van der Waals surface area contributed by atoms with E-state index in [0.717, 1.165) is 22.4 Å². The number of para-hydroxylation sites is 1. The fourth-order valence-electron chi connectivity index (χ4n) is 3.17. The molecule has 3 heterocycles. The standard InChI is InChI=1S/C21H16ClN5O3S/c22-15-3-1-2-4-16(15)27-20-14(9-26-27)21(25-11-24-20)31-10-19(28)23-8-13-5-6-17-18(7-13)30-12-29-17/h1-7,9,11H,8,10,12H2,(H,23,28). The lowest BCUT2D eigenvalue weighted by molar-refractivity contribution is -0.118. The molecule has 0 fully saturated rings. The van der Waals surface area contributed by atoms with Gasteiger partial charge in [-0.15, -0.1) is 0 Å². The van der Waals surface area contributed by atoms with Crippen LogP contribution in [-0.4, -0.2) is 38.2 Å². The highest BCUT2D eigenvalue weighted by molar-refractivity contribution is 8.00. The number of thioether (sulfide) groups is 1. The smallest absolute Gasteiger partial charge is 0.231 e. The largest absolute Gasteiger partial charge is 0.454 e. The topological polar surface area (TPSA) is 91.2 Å². The van der Waals surface area contributed by atoms with Crippen molar-refractivity contribution in [3.63, 3.8) is 0 Å². The summed E-state index contributed by atoms with van der Waals surface area (Å²) in [5, 5.41) is 9.34. The maximum Gasteiger partial charge on any atom is 0.231 e. The Morgan fingerprint density at radius 2 is 2.03 bits per heavy atom. The van der Waals surface area contributed by atoms with E-state index in [4.69, 9.17) is 21.1 Å². The summed E-state index contributed by atoms with van der Waals surface area (Å²) in [6.45, 7) is 0.627. The Balaban J connectivity index is 1.26. The zero-order chi connectivity index (χ0) is 21.2. The number of halogens is 1. The quantitative estimate of drug-likeness (QED) is 0.352. The van der Waals surface area contributed by atoms with E-state index >= 15 is 0 Å². The first-order valence-corrected chi connectivity index (χ1v) is 10.8. The van der Waals surface area contributed by atoms with E-state index in [9.17, 15) is 4.79 Å². The number of carbonyl (C=O) groups excluding carboxylic acids is 1. The fraction of sp³-hybridized carbons (Fsp3) is 0.143. The molecule has 0 aliphatic carbocycles. The van der Waals surface area contributed by atoms with Gasteiger partial charge in [0.25, 0.3) is 0 Å². The predicted molar refractivity (Wildman–Crippen MR) is 117 cm³/mol. The first-order valence-electron chi connectivity index (χ1n) is 9.41. The van der Waals surface area contributed by atoms with Crippen LogP contribution in [0.3, 0.4) is 0 Å². The molecule has 1 N–H and O–H groups in total. The second-order valence-corrected chi connectivity index (χ2v) is 8.05. The summed E-state index contributed by atoms with van der Waals surface area (Å²) in [5.74, 6) is 1.53. The van der Waals surface area contributed by atoms with Crippen LogP contribution < -0.4 is 14.8 Å². The number of nitrogens with one attached hydrogen (secondary N) is 1. The Morgan fingerprint density at radius 1 is 1.16 bits per heavy atom. The molecule has 5 rings (SSSR count). The molecular weight excluding hydrogens is 438 g/mol. The van der Waals surface area contributed by atoms with Crippen LogP contribution in [-0.2, 0) is 11.3 Å². The monoisotopic (exact) mass is 453 g/mol. The molecule has 0 atom stereocenters. The van der Waals surface area contributed by atoms with E-state index in [2.05, 4.69) is 20.4 Å². The van der Waals surface area contributed by atoms with Gasteiger partial charge in [-0.25, -0.2) is 14.6 Å². The van der Waals surface area contributed by atoms with Crippen molar-refractivity contribution in [3.05, 3.63) is 65.6 Å². The number of aromatic nitrogens is 4. The van der Waals surface area contributed by atoms with Crippen molar-refractivity contribution >= 4 is 40.3 Å². The zero-order valence-corrected chi connectivity index (χ0v) is 17.7. The number of amides is 1. The number of fused-ring (bicyclic) bond motifs is 2. The lowest BCUT2D eigenvalue weighted by Gasteiger charge is -2.07. The van der Waals surface area contributed by atoms with Crippen molar-refractivity contribution in [1.29, 1.82) is 0 Å². The Labute approximate surface area is 186 Å². The summed E-state index contributed by atoms with van der Waals surface area (Å²) in [7, 11) is 0. The molecule has 31 heavy (non-hydrogen) atoms. The van der Waals surface area contributed by atoms with Gasteiger partial charge >= 0.3 is 0 Å². The van der Waals surface area contributed by atoms with Gasteiger partial charge in [-0.3, -0.25) is 4.79 Å². The van der Waals surface area contributed by atoms with E-state index in [1.165, 1.54) is 18.1 Å². The average Bonchev–Trinajstić information content (AvgIpc) is 3.43. The van der Waals surface area contributed by atoms with E-state index in [0.29, 0.717) is 28.0 Å². The van der Waals surface area contributed by atoms with Gasteiger partial charge in [0.1, 0.15) is 11.4 Å². The van der Waals surface area contributed by atoms with Gasteiger partial charge in [-0.2, -0.15) is 5.10 Å². The number of hydrogen-bond donors (Lipinski definition) is 1. The molecular formula is C21H16ClN5O3S. The van der Waals surface area contributed by atoms with E-state index in [-0.39, 0.29) is 18.5 Å². The van der Waals surface area contributed by atoms with Crippen molar-refractivity contribution in [2.45, 2.75) is 11.6 Å². The molecule has 10 heteroatoms. The van der Waals surface area contributed by atoms with Crippen LogP contribution in [0.25, 0.3) is 16.7 Å². The number of benzene rings is 2. The van der Waals surface area contributed by atoms with Gasteiger partial charge in [0, 0.05) is 6.54 Å². The molecule has 1 aliphatic rings. The Morgan fingerprint density at radius 3 is 2.94 bits per heavy atom. The summed E-state index contributed by atoms with van der Waals surface area (Å²) in [6.07, 6.45) is 3.15. The van der Waals surface area contributed by atoms with Crippen molar-refractivity contribution in [1.82, 2.24) is 25.1 Å². The summed E-state index contributed by atoms with van der Waals surface area (Å²) in [4.78, 5) is 21.0. The van der Waals surface area contributed by atoms with Gasteiger partial charge in [-0.05, 0) is 29.8 Å². The summed E-state index contributed by atoms with van der Waals surface area (Å²) >= 11 is 7.63. The molecule has 156 valence electrons. The SMILES string of the molecule is O=C(CSc1ncnc2c1cnn2-c1ccccc1Cl)NCc1ccc2c(c1)OCO2. The summed E-state index contributed by atoms with van der Waals surface area (Å²) in [5.41, 5.74) is 2.30. The Hall–Kier alpha value is -3.30. The van der Waals surface area contributed by atoms with Crippen LogP contribution in [0, 0.1) is 0 Å². The van der Waals surface area contributed by atoms with Gasteiger partial charge in [-0.1, -0.05) is 41.6 Å². The maximum absolute atomic E-state index is 12.4. The number of carbonyl (C=O) groups is 1. The second kappa shape index (κ2) is 8.44. The third-order valence-corrected chi connectivity index (χ3v) is 6.00. The third-order valence-electron chi connectivity index (χ3n) is 4.68. The third kappa shape index (κ3) is 4.01. The molecule has 2 aromatic carbocycles. The van der Waals surface area contributed by atoms with Gasteiger partial charge < -0.3 is 14.8 Å². The first-order chi connectivity index (χ1) is 15.2. The van der Waals surface area contributed by atoms with Crippen molar-refractivity contribution in [3.8, 4) is 17.2 Å². The molecule has 0 saturated heterocycles. The Bertz CT molecular complexity index is 1280. The Kier molecular flexibility index (Phi) is 5.35. The van der Waals surface area contributed by atoms with Crippen molar-refractivity contribution in [2.24, 2.45) is 0 Å². The minimum atomic E-state index is -0.104. The molecule has 0 bridgehead atoms. The fourth-order valence-corrected chi connectivity index (χ4v) is 4.18. The minimum Gasteiger partial charge on any atom is -0.454 e. The van der Waals surface area contributed by atoms with Crippen LogP contribution in [0.5, 0.6) is 11.5 Å². The van der Waals surface area contributed by atoms with Crippen LogP contribution in [0.15, 0.2) is 60.0 Å². The number of nitrogens with zero attached hydrogens (tertiary/aromatic N) is 4. The molecule has 0 unspecified atom stereocenters. The van der Waals surface area contributed by atoms with E-state index < -0.39 is 0 Å². The highest BCUT2D eigenvalue weighted by atomic mass is 35.5. The molecule has 0 saturated carbocycles. The van der Waals surface area contributed by atoms with Crippen LogP contribution >= 0.6 is 23.4 Å². The molecule has 2 aromatic heterocycles. The average molecular weight is 454 g/mol. The zero-order valence-electron chi connectivity index (χ0n) is 16.1. The molecule has 8 nitrogen and oxygen atoms in total. The van der Waals surface area contributed by atoms with Crippen molar-refractivity contribution < 1.29 is 14.3 Å². The number of hydrogen-bond acceptors (Lipinski definition) is 7. The van der Waals surface area contributed by atoms with E-state index in [1.54, 1.807) is 16.9 Å². The van der Waals surface area contributed by atoms with Gasteiger partial charge in [0.05, 0.1) is 28.0 Å². The van der Waals surface area contributed by atoms with Crippen LogP contribution in [0.2, 0.25) is 5.02 Å².